The van der Waals surface area contributed by atoms with Crippen LogP contribution in [0, 0.1) is 0 Å². The largest absolute Gasteiger partial charge is 0.496 e. The van der Waals surface area contributed by atoms with Crippen LogP contribution in [0.2, 0.25) is 0 Å². The van der Waals surface area contributed by atoms with E-state index >= 15 is 0 Å². The number of para-hydroxylation sites is 1. The number of methoxy groups -OCH3 is 1. The zero-order chi connectivity index (χ0) is 15.6. The minimum Gasteiger partial charge on any atom is -0.496 e. The van der Waals surface area contributed by atoms with Gasteiger partial charge in [-0.15, -0.1) is 0 Å². The van der Waals surface area contributed by atoms with Crippen LogP contribution in [0.25, 0.3) is 0 Å². The predicted octanol–water partition coefficient (Wildman–Crippen LogP) is 4.56. The molecular formula is C15H12BrF3O2. The van der Waals surface area contributed by atoms with E-state index in [0.29, 0.717) is 11.3 Å². The van der Waals surface area contributed by atoms with E-state index in [1.165, 1.54) is 19.2 Å². The van der Waals surface area contributed by atoms with E-state index in [0.717, 1.165) is 6.07 Å². The number of ether oxygens (including phenoxy) is 1. The number of aliphatic hydroxyl groups excluding tert-OH is 1. The van der Waals surface area contributed by atoms with Crippen molar-refractivity contribution in [2.24, 2.45) is 0 Å². The molecule has 0 saturated heterocycles. The molecule has 1 unspecified atom stereocenters. The summed E-state index contributed by atoms with van der Waals surface area (Å²) in [7, 11) is 1.44. The first kappa shape index (κ1) is 15.9. The van der Waals surface area contributed by atoms with Gasteiger partial charge < -0.3 is 9.84 Å². The summed E-state index contributed by atoms with van der Waals surface area (Å²) in [5, 5.41) is 10.3. The van der Waals surface area contributed by atoms with Crippen molar-refractivity contribution in [3.05, 3.63) is 63.6 Å². The minimum absolute atomic E-state index is 0.0639. The molecule has 0 amide bonds. The van der Waals surface area contributed by atoms with E-state index in [1.807, 2.05) is 0 Å². The van der Waals surface area contributed by atoms with Crippen LogP contribution < -0.4 is 4.74 Å². The lowest BCUT2D eigenvalue weighted by Crippen LogP contribution is -2.09. The Hall–Kier alpha value is -1.53. The highest BCUT2D eigenvalue weighted by atomic mass is 79.9. The first-order valence-electron chi connectivity index (χ1n) is 6.02. The summed E-state index contributed by atoms with van der Waals surface area (Å²) in [6.45, 7) is 0. The maximum absolute atomic E-state index is 12.9. The average Bonchev–Trinajstić information content (AvgIpc) is 2.45. The highest BCUT2D eigenvalue weighted by Gasteiger charge is 2.33. The molecule has 0 aliphatic rings. The van der Waals surface area contributed by atoms with Crippen LogP contribution in [-0.4, -0.2) is 12.2 Å². The second-order valence-electron chi connectivity index (χ2n) is 4.38. The summed E-state index contributed by atoms with van der Waals surface area (Å²) < 4.78 is 43.8. The summed E-state index contributed by atoms with van der Waals surface area (Å²) >= 11 is 2.87. The van der Waals surface area contributed by atoms with Crippen molar-refractivity contribution in [2.45, 2.75) is 12.3 Å². The number of hydrogen-bond acceptors (Lipinski definition) is 2. The molecule has 112 valence electrons. The zero-order valence-corrected chi connectivity index (χ0v) is 12.6. The molecular weight excluding hydrogens is 349 g/mol. The van der Waals surface area contributed by atoms with Gasteiger partial charge in [-0.3, -0.25) is 0 Å². The second kappa shape index (κ2) is 6.07. The number of benzene rings is 2. The molecule has 0 spiro atoms. The molecule has 2 rings (SSSR count). The maximum Gasteiger partial charge on any atom is 0.417 e. The standard InChI is InChI=1S/C15H12BrF3O2/c1-21-13-5-3-2-4-10(13)14(20)9-6-7-12(16)11(8-9)15(17,18)19/h2-8,14,20H,1H3. The van der Waals surface area contributed by atoms with Crippen LogP contribution in [0.15, 0.2) is 46.9 Å². The lowest BCUT2D eigenvalue weighted by molar-refractivity contribution is -0.138. The van der Waals surface area contributed by atoms with Crippen LogP contribution >= 0.6 is 15.9 Å². The molecule has 2 aromatic rings. The molecule has 1 N–H and O–H groups in total. The molecule has 0 fully saturated rings. The van der Waals surface area contributed by atoms with E-state index in [9.17, 15) is 18.3 Å². The topological polar surface area (TPSA) is 29.5 Å². The van der Waals surface area contributed by atoms with Crippen LogP contribution in [0.5, 0.6) is 5.75 Å². The van der Waals surface area contributed by atoms with Gasteiger partial charge in [-0.05, 0) is 23.8 Å². The smallest absolute Gasteiger partial charge is 0.417 e. The Bertz CT molecular complexity index is 641. The zero-order valence-electron chi connectivity index (χ0n) is 11.0. The van der Waals surface area contributed by atoms with Gasteiger partial charge in [0.1, 0.15) is 11.9 Å². The average molecular weight is 361 g/mol. The normalized spacial score (nSPS) is 13.0. The van der Waals surface area contributed by atoms with E-state index in [-0.39, 0.29) is 10.0 Å². The van der Waals surface area contributed by atoms with Crippen molar-refractivity contribution >= 4 is 15.9 Å². The first-order chi connectivity index (χ1) is 9.84. The Morgan fingerprint density at radius 2 is 1.81 bits per heavy atom. The van der Waals surface area contributed by atoms with Crippen molar-refractivity contribution in [3.63, 3.8) is 0 Å². The van der Waals surface area contributed by atoms with Crippen molar-refractivity contribution < 1.29 is 23.0 Å². The van der Waals surface area contributed by atoms with Crippen LogP contribution in [-0.2, 0) is 6.18 Å². The summed E-state index contributed by atoms with van der Waals surface area (Å²) in [4.78, 5) is 0. The van der Waals surface area contributed by atoms with Gasteiger partial charge in [-0.25, -0.2) is 0 Å². The molecule has 0 saturated carbocycles. The van der Waals surface area contributed by atoms with Crippen molar-refractivity contribution in [1.29, 1.82) is 0 Å². The van der Waals surface area contributed by atoms with Gasteiger partial charge in [0.05, 0.1) is 12.7 Å². The molecule has 6 heteroatoms. The quantitative estimate of drug-likeness (QED) is 0.869. The van der Waals surface area contributed by atoms with Gasteiger partial charge in [0, 0.05) is 10.0 Å². The minimum atomic E-state index is -4.49. The third-order valence-electron chi connectivity index (χ3n) is 3.05. The number of aliphatic hydroxyl groups is 1. The van der Waals surface area contributed by atoms with Crippen molar-refractivity contribution in [1.82, 2.24) is 0 Å². The Morgan fingerprint density at radius 1 is 1.14 bits per heavy atom. The van der Waals surface area contributed by atoms with Crippen LogP contribution in [0.3, 0.4) is 0 Å². The van der Waals surface area contributed by atoms with E-state index < -0.39 is 17.8 Å². The number of hydrogen-bond donors (Lipinski definition) is 1. The molecule has 0 aliphatic heterocycles. The third kappa shape index (κ3) is 3.39. The third-order valence-corrected chi connectivity index (χ3v) is 3.74. The Balaban J connectivity index is 2.47. The molecule has 2 aromatic carbocycles. The van der Waals surface area contributed by atoms with Crippen molar-refractivity contribution in [3.8, 4) is 5.75 Å². The number of rotatable bonds is 3. The molecule has 0 aromatic heterocycles. The summed E-state index contributed by atoms with van der Waals surface area (Å²) in [5.74, 6) is 0.418. The van der Waals surface area contributed by atoms with Gasteiger partial charge in [-0.2, -0.15) is 13.2 Å². The summed E-state index contributed by atoms with van der Waals surface area (Å²) in [6, 6.07) is 10.3. The molecule has 0 radical (unpaired) electrons. The fourth-order valence-corrected chi connectivity index (χ4v) is 2.47. The maximum atomic E-state index is 12.9. The molecule has 0 bridgehead atoms. The van der Waals surface area contributed by atoms with Gasteiger partial charge in [0.15, 0.2) is 0 Å². The predicted molar refractivity (Wildman–Crippen MR) is 76.2 cm³/mol. The highest BCUT2D eigenvalue weighted by molar-refractivity contribution is 9.10. The van der Waals surface area contributed by atoms with Gasteiger partial charge in [0.2, 0.25) is 0 Å². The molecule has 0 heterocycles. The lowest BCUT2D eigenvalue weighted by Gasteiger charge is -2.17. The van der Waals surface area contributed by atoms with Crippen LogP contribution in [0.4, 0.5) is 13.2 Å². The van der Waals surface area contributed by atoms with Gasteiger partial charge >= 0.3 is 6.18 Å². The molecule has 2 nitrogen and oxygen atoms in total. The fourth-order valence-electron chi connectivity index (χ4n) is 2.00. The second-order valence-corrected chi connectivity index (χ2v) is 5.24. The van der Waals surface area contributed by atoms with Gasteiger partial charge in [0.25, 0.3) is 0 Å². The monoisotopic (exact) mass is 360 g/mol. The van der Waals surface area contributed by atoms with Crippen LogP contribution in [0.1, 0.15) is 22.8 Å². The Morgan fingerprint density at radius 3 is 2.43 bits per heavy atom. The van der Waals surface area contributed by atoms with Gasteiger partial charge in [-0.1, -0.05) is 40.2 Å². The Kier molecular flexibility index (Phi) is 4.58. The molecule has 0 aliphatic carbocycles. The molecule has 1 atom stereocenters. The summed E-state index contributed by atoms with van der Waals surface area (Å²) in [6.07, 6.45) is -5.69. The first-order valence-corrected chi connectivity index (χ1v) is 6.81. The number of halogens is 4. The van der Waals surface area contributed by atoms with E-state index in [2.05, 4.69) is 15.9 Å². The SMILES string of the molecule is COc1ccccc1C(O)c1ccc(Br)c(C(F)(F)F)c1. The van der Waals surface area contributed by atoms with Crippen molar-refractivity contribution in [2.75, 3.05) is 7.11 Å². The number of alkyl halides is 3. The van der Waals surface area contributed by atoms with E-state index in [1.54, 1.807) is 24.3 Å². The van der Waals surface area contributed by atoms with E-state index in [4.69, 9.17) is 4.74 Å². The summed E-state index contributed by atoms with van der Waals surface area (Å²) in [5.41, 5.74) is -0.264. The Labute approximate surface area is 128 Å². The highest BCUT2D eigenvalue weighted by Crippen LogP contribution is 2.38. The lowest BCUT2D eigenvalue weighted by atomic mass is 9.99. The fraction of sp³-hybridized carbons (Fsp3) is 0.200. The molecule has 21 heavy (non-hydrogen) atoms.